The monoisotopic (exact) mass is 370 g/mol. The highest BCUT2D eigenvalue weighted by Crippen LogP contribution is 2.60. The molecule has 0 aliphatic heterocycles. The van der Waals surface area contributed by atoms with Crippen molar-refractivity contribution in [3.63, 3.8) is 0 Å². The minimum Gasteiger partial charge on any atom is -0.397 e. The molecule has 1 saturated carbocycles. The van der Waals surface area contributed by atoms with E-state index in [-0.39, 0.29) is 4.49 Å². The molecule has 1 aromatic carbocycles. The van der Waals surface area contributed by atoms with Crippen molar-refractivity contribution >= 4 is 29.2 Å². The van der Waals surface area contributed by atoms with Gasteiger partial charge in [0.15, 0.2) is 11.6 Å². The first-order valence-corrected chi connectivity index (χ1v) is 7.32. The molecule has 0 bridgehead atoms. The molecule has 1 aromatic rings. The molecule has 0 aromatic heterocycles. The number of carbonyl (C=O) groups is 1. The Hall–Kier alpha value is -1.27. The lowest BCUT2D eigenvalue weighted by Crippen LogP contribution is -2.26. The lowest BCUT2D eigenvalue weighted by molar-refractivity contribution is -0.243. The van der Waals surface area contributed by atoms with Crippen LogP contribution in [0.3, 0.4) is 0 Å². The maximum Gasteiger partial charge on any atom is 0.431 e. The number of benzene rings is 1. The van der Waals surface area contributed by atoms with Crippen LogP contribution in [0.15, 0.2) is 28.8 Å². The van der Waals surface area contributed by atoms with Gasteiger partial charge in [-0.25, -0.2) is 8.78 Å². The van der Waals surface area contributed by atoms with Gasteiger partial charge in [0, 0.05) is 0 Å². The van der Waals surface area contributed by atoms with Crippen LogP contribution >= 0.6 is 23.2 Å². The summed E-state index contributed by atoms with van der Waals surface area (Å²) in [5.74, 6) is -5.84. The van der Waals surface area contributed by atoms with E-state index in [9.17, 15) is 22.4 Å². The van der Waals surface area contributed by atoms with E-state index >= 15 is 0 Å². The summed E-state index contributed by atoms with van der Waals surface area (Å²) in [6, 6.07) is 2.23. The first-order chi connectivity index (χ1) is 10.5. The standard InChI is InChI=1S/C15H12Cl2F4O2/c1-14(2)8(6-10(16)17)11(14)13(22)23-15(20,21)7-4-3-5-9(18)12(7)19/h3-6,8,11H,1-2H3. The van der Waals surface area contributed by atoms with Crippen molar-refractivity contribution in [2.45, 2.75) is 20.0 Å². The number of halogens is 6. The van der Waals surface area contributed by atoms with Crippen molar-refractivity contribution in [2.75, 3.05) is 0 Å². The average Bonchev–Trinajstić information content (AvgIpc) is 2.92. The summed E-state index contributed by atoms with van der Waals surface area (Å²) >= 11 is 11.0. The number of hydrogen-bond donors (Lipinski definition) is 0. The molecule has 2 nitrogen and oxygen atoms in total. The van der Waals surface area contributed by atoms with E-state index in [0.29, 0.717) is 12.1 Å². The van der Waals surface area contributed by atoms with Crippen molar-refractivity contribution in [1.29, 1.82) is 0 Å². The molecule has 2 rings (SSSR count). The third kappa shape index (κ3) is 3.48. The molecule has 0 saturated heterocycles. The van der Waals surface area contributed by atoms with Crippen LogP contribution in [0.25, 0.3) is 0 Å². The highest BCUT2D eigenvalue weighted by molar-refractivity contribution is 6.55. The Morgan fingerprint density at radius 1 is 1.30 bits per heavy atom. The number of carbonyl (C=O) groups excluding carboxylic acids is 1. The Balaban J connectivity index is 2.20. The van der Waals surface area contributed by atoms with E-state index < -0.39 is 46.5 Å². The molecule has 0 amide bonds. The first kappa shape index (κ1) is 18.1. The smallest absolute Gasteiger partial charge is 0.397 e. The highest BCUT2D eigenvalue weighted by atomic mass is 35.5. The zero-order valence-corrected chi connectivity index (χ0v) is 13.6. The lowest BCUT2D eigenvalue weighted by atomic mass is 10.1. The molecule has 0 N–H and O–H groups in total. The van der Waals surface area contributed by atoms with Gasteiger partial charge in [-0.15, -0.1) is 0 Å². The van der Waals surface area contributed by atoms with Crippen LogP contribution in [0.2, 0.25) is 0 Å². The number of rotatable bonds is 4. The first-order valence-electron chi connectivity index (χ1n) is 6.56. The van der Waals surface area contributed by atoms with Crippen LogP contribution in [-0.4, -0.2) is 5.97 Å². The van der Waals surface area contributed by atoms with Crippen molar-refractivity contribution in [2.24, 2.45) is 17.3 Å². The molecule has 1 aliphatic rings. The maximum atomic E-state index is 14.0. The zero-order valence-electron chi connectivity index (χ0n) is 12.0. The van der Waals surface area contributed by atoms with Gasteiger partial charge in [-0.3, -0.25) is 4.79 Å². The fraction of sp³-hybridized carbons (Fsp3) is 0.400. The molecule has 0 heterocycles. The van der Waals surface area contributed by atoms with Gasteiger partial charge in [0.05, 0.1) is 5.92 Å². The minimum absolute atomic E-state index is 0.0960. The molecule has 0 radical (unpaired) electrons. The summed E-state index contributed by atoms with van der Waals surface area (Å²) in [7, 11) is 0. The Bertz CT molecular complexity index is 669. The molecular weight excluding hydrogens is 359 g/mol. The van der Waals surface area contributed by atoms with Gasteiger partial charge in [-0.05, 0) is 29.5 Å². The molecule has 126 valence electrons. The van der Waals surface area contributed by atoms with E-state index in [4.69, 9.17) is 23.2 Å². The van der Waals surface area contributed by atoms with Gasteiger partial charge in [0.1, 0.15) is 10.1 Å². The third-order valence-corrected chi connectivity index (χ3v) is 4.22. The molecule has 0 spiro atoms. The molecule has 8 heteroatoms. The summed E-state index contributed by atoms with van der Waals surface area (Å²) in [5, 5.41) is 0. The quantitative estimate of drug-likeness (QED) is 0.541. The van der Waals surface area contributed by atoms with Crippen LogP contribution in [0.4, 0.5) is 17.6 Å². The normalized spacial score (nSPS) is 22.4. The van der Waals surface area contributed by atoms with Crippen molar-refractivity contribution < 1.29 is 27.1 Å². The third-order valence-electron chi connectivity index (χ3n) is 3.96. The van der Waals surface area contributed by atoms with Gasteiger partial charge in [-0.1, -0.05) is 43.1 Å². The Kier molecular flexibility index (Phi) is 4.70. The molecule has 23 heavy (non-hydrogen) atoms. The van der Waals surface area contributed by atoms with Crippen LogP contribution in [0.1, 0.15) is 19.4 Å². The lowest BCUT2D eigenvalue weighted by Gasteiger charge is -2.18. The Labute approximate surface area is 140 Å². The maximum absolute atomic E-state index is 14.0. The number of allylic oxidation sites excluding steroid dienone is 1. The van der Waals surface area contributed by atoms with Gasteiger partial charge >= 0.3 is 12.1 Å². The summed E-state index contributed by atoms with van der Waals surface area (Å²) < 4.78 is 58.5. The van der Waals surface area contributed by atoms with E-state index in [1.807, 2.05) is 0 Å². The Morgan fingerprint density at radius 3 is 2.48 bits per heavy atom. The van der Waals surface area contributed by atoms with E-state index in [1.165, 1.54) is 6.08 Å². The van der Waals surface area contributed by atoms with E-state index in [0.717, 1.165) is 6.07 Å². The molecule has 2 atom stereocenters. The number of alkyl halides is 2. The fourth-order valence-corrected chi connectivity index (χ4v) is 2.82. The van der Waals surface area contributed by atoms with Crippen LogP contribution < -0.4 is 0 Å². The van der Waals surface area contributed by atoms with Gasteiger partial charge in [-0.2, -0.15) is 8.78 Å². The van der Waals surface area contributed by atoms with Crippen molar-refractivity contribution in [3.8, 4) is 0 Å². The second-order valence-corrected chi connectivity index (χ2v) is 6.83. The molecule has 1 aliphatic carbocycles. The predicted octanol–water partition coefficient (Wildman–Crippen LogP) is 5.15. The predicted molar refractivity (Wildman–Crippen MR) is 76.9 cm³/mol. The number of ether oxygens (including phenoxy) is 1. The molecule has 1 fully saturated rings. The second-order valence-electron chi connectivity index (χ2n) is 5.82. The van der Waals surface area contributed by atoms with Crippen LogP contribution in [-0.2, 0) is 15.6 Å². The molecular formula is C15H12Cl2F4O2. The number of esters is 1. The highest BCUT2D eigenvalue weighted by Gasteiger charge is 2.63. The van der Waals surface area contributed by atoms with Gasteiger partial charge in [0.2, 0.25) is 0 Å². The van der Waals surface area contributed by atoms with Crippen molar-refractivity contribution in [3.05, 3.63) is 46.0 Å². The summed E-state index contributed by atoms with van der Waals surface area (Å²) in [6.45, 7) is 3.30. The van der Waals surface area contributed by atoms with Crippen LogP contribution in [0, 0.1) is 28.9 Å². The number of hydrogen-bond acceptors (Lipinski definition) is 2. The minimum atomic E-state index is -4.29. The van der Waals surface area contributed by atoms with E-state index in [1.54, 1.807) is 13.8 Å². The molecule has 2 unspecified atom stereocenters. The largest absolute Gasteiger partial charge is 0.431 e. The summed E-state index contributed by atoms with van der Waals surface area (Å²) in [5.41, 5.74) is -2.02. The topological polar surface area (TPSA) is 26.3 Å². The van der Waals surface area contributed by atoms with Crippen molar-refractivity contribution in [1.82, 2.24) is 0 Å². The average molecular weight is 371 g/mol. The Morgan fingerprint density at radius 2 is 1.91 bits per heavy atom. The van der Waals surface area contributed by atoms with Crippen LogP contribution in [0.5, 0.6) is 0 Å². The van der Waals surface area contributed by atoms with Gasteiger partial charge < -0.3 is 4.74 Å². The van der Waals surface area contributed by atoms with E-state index in [2.05, 4.69) is 4.74 Å². The van der Waals surface area contributed by atoms with Gasteiger partial charge in [0.25, 0.3) is 0 Å². The summed E-state index contributed by atoms with van der Waals surface area (Å²) in [4.78, 5) is 12.0. The summed E-state index contributed by atoms with van der Waals surface area (Å²) in [6.07, 6.45) is -2.93. The zero-order chi connectivity index (χ0) is 17.6. The second kappa shape index (κ2) is 5.98. The SMILES string of the molecule is CC1(C)C(C=C(Cl)Cl)C1C(=O)OC(F)(F)c1cccc(F)c1F. The fourth-order valence-electron chi connectivity index (χ4n) is 2.55.